The fourth-order valence-corrected chi connectivity index (χ4v) is 3.89. The standard InChI is InChI=1S/C22H26FN5O/c1-27(2)18-9-7-16(8-10-18)14-29-21-12-24-15-25-22(21)17-11-26-28(13-17)20-6-4-3-5-19(20)23/h3-6,11-13,15-16,18H,7-10,14H2,1-2H3. The highest BCUT2D eigenvalue weighted by molar-refractivity contribution is 5.64. The summed E-state index contributed by atoms with van der Waals surface area (Å²) in [5.74, 6) is 0.852. The molecule has 1 aliphatic carbocycles. The van der Waals surface area contributed by atoms with Crippen molar-refractivity contribution in [3.8, 4) is 22.7 Å². The average molecular weight is 395 g/mol. The zero-order valence-electron chi connectivity index (χ0n) is 16.8. The fourth-order valence-electron chi connectivity index (χ4n) is 3.89. The van der Waals surface area contributed by atoms with Crippen LogP contribution >= 0.6 is 0 Å². The van der Waals surface area contributed by atoms with Crippen molar-refractivity contribution >= 4 is 0 Å². The number of rotatable bonds is 6. The molecule has 152 valence electrons. The molecule has 0 saturated heterocycles. The van der Waals surface area contributed by atoms with E-state index >= 15 is 0 Å². The minimum absolute atomic E-state index is 0.324. The highest BCUT2D eigenvalue weighted by Crippen LogP contribution is 2.30. The van der Waals surface area contributed by atoms with Gasteiger partial charge in [-0.1, -0.05) is 12.1 Å². The lowest BCUT2D eigenvalue weighted by molar-refractivity contribution is 0.151. The van der Waals surface area contributed by atoms with Gasteiger partial charge in [-0.3, -0.25) is 0 Å². The molecule has 2 heterocycles. The third-order valence-corrected chi connectivity index (χ3v) is 5.66. The van der Waals surface area contributed by atoms with Gasteiger partial charge in [-0.05, 0) is 57.8 Å². The number of aromatic nitrogens is 4. The summed E-state index contributed by atoms with van der Waals surface area (Å²) in [4.78, 5) is 10.8. The zero-order chi connectivity index (χ0) is 20.2. The van der Waals surface area contributed by atoms with E-state index in [-0.39, 0.29) is 5.82 Å². The number of halogens is 1. The van der Waals surface area contributed by atoms with E-state index in [4.69, 9.17) is 4.74 Å². The smallest absolute Gasteiger partial charge is 0.163 e. The molecule has 0 atom stereocenters. The Morgan fingerprint density at radius 2 is 1.93 bits per heavy atom. The van der Waals surface area contributed by atoms with Crippen molar-refractivity contribution in [3.63, 3.8) is 0 Å². The molecule has 0 bridgehead atoms. The van der Waals surface area contributed by atoms with Gasteiger partial charge in [-0.15, -0.1) is 0 Å². The minimum atomic E-state index is -0.324. The first kappa shape index (κ1) is 19.5. The number of para-hydroxylation sites is 1. The summed E-state index contributed by atoms with van der Waals surface area (Å²) in [6.45, 7) is 0.655. The second kappa shape index (κ2) is 8.69. The Labute approximate surface area is 170 Å². The van der Waals surface area contributed by atoms with E-state index in [1.807, 2.05) is 0 Å². The molecule has 7 heteroatoms. The summed E-state index contributed by atoms with van der Waals surface area (Å²) < 4.78 is 21.7. The van der Waals surface area contributed by atoms with Crippen LogP contribution in [0.25, 0.3) is 16.9 Å². The third-order valence-electron chi connectivity index (χ3n) is 5.66. The molecule has 1 aromatic carbocycles. The molecular weight excluding hydrogens is 369 g/mol. The summed E-state index contributed by atoms with van der Waals surface area (Å²) in [6, 6.07) is 7.22. The summed E-state index contributed by atoms with van der Waals surface area (Å²) in [6.07, 6.45) is 11.3. The number of nitrogens with zero attached hydrogens (tertiary/aromatic N) is 5. The molecule has 3 aromatic rings. The van der Waals surface area contributed by atoms with Crippen molar-refractivity contribution in [2.24, 2.45) is 5.92 Å². The Hall–Kier alpha value is -2.80. The highest BCUT2D eigenvalue weighted by Gasteiger charge is 2.23. The van der Waals surface area contributed by atoms with Crippen LogP contribution in [0.15, 0.2) is 49.2 Å². The van der Waals surface area contributed by atoms with Crippen LogP contribution in [0.2, 0.25) is 0 Å². The van der Waals surface area contributed by atoms with E-state index in [9.17, 15) is 4.39 Å². The Balaban J connectivity index is 1.46. The van der Waals surface area contributed by atoms with Crippen LogP contribution in [0.5, 0.6) is 5.75 Å². The van der Waals surface area contributed by atoms with Crippen LogP contribution in [0.4, 0.5) is 4.39 Å². The van der Waals surface area contributed by atoms with Crippen LogP contribution < -0.4 is 4.74 Å². The molecule has 2 aromatic heterocycles. The summed E-state index contributed by atoms with van der Waals surface area (Å²) >= 11 is 0. The molecule has 0 aliphatic heterocycles. The zero-order valence-corrected chi connectivity index (χ0v) is 16.8. The van der Waals surface area contributed by atoms with Crippen molar-refractivity contribution in [2.75, 3.05) is 20.7 Å². The quantitative estimate of drug-likeness (QED) is 0.632. The van der Waals surface area contributed by atoms with Gasteiger partial charge in [0.2, 0.25) is 0 Å². The molecule has 1 aliphatic rings. The predicted octanol–water partition coefficient (Wildman–Crippen LogP) is 3.97. The molecular formula is C22H26FN5O. The average Bonchev–Trinajstić information content (AvgIpc) is 3.23. The normalized spacial score (nSPS) is 19.4. The lowest BCUT2D eigenvalue weighted by Gasteiger charge is -2.32. The first-order valence-electron chi connectivity index (χ1n) is 10.0. The number of hydrogen-bond donors (Lipinski definition) is 0. The minimum Gasteiger partial charge on any atom is -0.489 e. The Morgan fingerprint density at radius 1 is 1.14 bits per heavy atom. The number of benzene rings is 1. The van der Waals surface area contributed by atoms with Crippen LogP contribution in [0.3, 0.4) is 0 Å². The van der Waals surface area contributed by atoms with Crippen molar-refractivity contribution < 1.29 is 9.13 Å². The molecule has 4 rings (SSSR count). The fraction of sp³-hybridized carbons (Fsp3) is 0.409. The number of ether oxygens (including phenoxy) is 1. The number of hydrogen-bond acceptors (Lipinski definition) is 5. The van der Waals surface area contributed by atoms with Gasteiger partial charge in [0.1, 0.15) is 23.5 Å². The van der Waals surface area contributed by atoms with Gasteiger partial charge in [0, 0.05) is 17.8 Å². The van der Waals surface area contributed by atoms with Gasteiger partial charge in [-0.25, -0.2) is 19.0 Å². The lowest BCUT2D eigenvalue weighted by atomic mass is 9.86. The van der Waals surface area contributed by atoms with Gasteiger partial charge in [0.15, 0.2) is 5.75 Å². The second-order valence-corrected chi connectivity index (χ2v) is 7.81. The van der Waals surface area contributed by atoms with Crippen molar-refractivity contribution in [1.29, 1.82) is 0 Å². The first-order valence-corrected chi connectivity index (χ1v) is 10.0. The molecule has 0 amide bonds. The molecule has 0 spiro atoms. The Kier molecular flexibility index (Phi) is 5.85. The summed E-state index contributed by atoms with van der Waals surface area (Å²) in [7, 11) is 4.30. The maximum Gasteiger partial charge on any atom is 0.163 e. The van der Waals surface area contributed by atoms with Gasteiger partial charge < -0.3 is 9.64 Å². The van der Waals surface area contributed by atoms with E-state index in [1.165, 1.54) is 29.9 Å². The van der Waals surface area contributed by atoms with Gasteiger partial charge in [-0.2, -0.15) is 5.10 Å². The monoisotopic (exact) mass is 395 g/mol. The van der Waals surface area contributed by atoms with Crippen LogP contribution in [-0.4, -0.2) is 51.4 Å². The van der Waals surface area contributed by atoms with E-state index in [2.05, 4.69) is 34.1 Å². The molecule has 6 nitrogen and oxygen atoms in total. The molecule has 0 radical (unpaired) electrons. The van der Waals surface area contributed by atoms with Crippen LogP contribution in [-0.2, 0) is 0 Å². The molecule has 0 N–H and O–H groups in total. The van der Waals surface area contributed by atoms with Crippen LogP contribution in [0.1, 0.15) is 25.7 Å². The van der Waals surface area contributed by atoms with Crippen molar-refractivity contribution in [3.05, 3.63) is 55.0 Å². The molecule has 1 fully saturated rings. The lowest BCUT2D eigenvalue weighted by Crippen LogP contribution is -2.33. The maximum absolute atomic E-state index is 14.1. The van der Waals surface area contributed by atoms with Crippen LogP contribution in [0, 0.1) is 11.7 Å². The Morgan fingerprint density at radius 3 is 2.69 bits per heavy atom. The van der Waals surface area contributed by atoms with E-state index in [1.54, 1.807) is 36.8 Å². The maximum atomic E-state index is 14.1. The first-order chi connectivity index (χ1) is 14.1. The topological polar surface area (TPSA) is 56.1 Å². The molecule has 0 unspecified atom stereocenters. The SMILES string of the molecule is CN(C)C1CCC(COc2cncnc2-c2cnn(-c3ccccc3F)c2)CC1. The summed E-state index contributed by atoms with van der Waals surface area (Å²) in [5, 5.41) is 4.30. The van der Waals surface area contributed by atoms with Gasteiger partial charge in [0.05, 0.1) is 19.0 Å². The van der Waals surface area contributed by atoms with E-state index in [0.717, 1.165) is 18.4 Å². The van der Waals surface area contributed by atoms with E-state index < -0.39 is 0 Å². The van der Waals surface area contributed by atoms with Crippen molar-refractivity contribution in [2.45, 2.75) is 31.7 Å². The molecule has 1 saturated carbocycles. The molecule has 29 heavy (non-hydrogen) atoms. The highest BCUT2D eigenvalue weighted by atomic mass is 19.1. The van der Waals surface area contributed by atoms with Gasteiger partial charge in [0.25, 0.3) is 0 Å². The second-order valence-electron chi connectivity index (χ2n) is 7.81. The van der Waals surface area contributed by atoms with Crippen molar-refractivity contribution in [1.82, 2.24) is 24.6 Å². The van der Waals surface area contributed by atoms with E-state index in [0.29, 0.717) is 35.7 Å². The third kappa shape index (κ3) is 4.45. The predicted molar refractivity (Wildman–Crippen MR) is 109 cm³/mol. The summed E-state index contributed by atoms with van der Waals surface area (Å²) in [5.41, 5.74) is 1.83. The van der Waals surface area contributed by atoms with Gasteiger partial charge >= 0.3 is 0 Å². The Bertz CT molecular complexity index is 950. The largest absolute Gasteiger partial charge is 0.489 e.